The molecule has 1 aromatic carbocycles. The quantitative estimate of drug-likeness (QED) is 0.844. The number of carboxylic acids is 1. The smallest absolute Gasteiger partial charge is 0.310 e. The van der Waals surface area contributed by atoms with Gasteiger partial charge in [0.1, 0.15) is 17.2 Å². The zero-order valence-electron chi connectivity index (χ0n) is 8.69. The number of likely N-dealkylation sites (tertiary alicyclic amines) is 1. The molecule has 1 fully saturated rings. The SMILES string of the molecule is O=C(O)C1CN(C(=O)c2c(F)cccc2F)C1. The first-order valence-corrected chi connectivity index (χ1v) is 4.97. The van der Waals surface area contributed by atoms with Crippen LogP contribution >= 0.6 is 0 Å². The number of benzene rings is 1. The van der Waals surface area contributed by atoms with Gasteiger partial charge in [-0.25, -0.2) is 8.78 Å². The fraction of sp³-hybridized carbons (Fsp3) is 0.273. The Morgan fingerprint density at radius 3 is 2.24 bits per heavy atom. The lowest BCUT2D eigenvalue weighted by Gasteiger charge is -2.36. The van der Waals surface area contributed by atoms with E-state index in [4.69, 9.17) is 5.11 Å². The third-order valence-corrected chi connectivity index (χ3v) is 2.69. The minimum Gasteiger partial charge on any atom is -0.481 e. The van der Waals surface area contributed by atoms with Gasteiger partial charge >= 0.3 is 5.97 Å². The van der Waals surface area contributed by atoms with E-state index in [0.717, 1.165) is 23.1 Å². The number of halogens is 2. The topological polar surface area (TPSA) is 57.6 Å². The van der Waals surface area contributed by atoms with E-state index in [9.17, 15) is 18.4 Å². The molecule has 1 saturated heterocycles. The summed E-state index contributed by atoms with van der Waals surface area (Å²) in [5, 5.41) is 8.63. The highest BCUT2D eigenvalue weighted by molar-refractivity contribution is 5.96. The molecule has 1 aliphatic heterocycles. The lowest BCUT2D eigenvalue weighted by atomic mass is 9.99. The van der Waals surface area contributed by atoms with Crippen molar-refractivity contribution in [2.24, 2.45) is 5.92 Å². The standard InChI is InChI=1S/C11H9F2NO3/c12-7-2-1-3-8(13)9(7)10(15)14-4-6(5-14)11(16)17/h1-3,6H,4-5H2,(H,16,17). The van der Waals surface area contributed by atoms with Crippen LogP contribution in [0.4, 0.5) is 8.78 Å². The Labute approximate surface area is 95.5 Å². The van der Waals surface area contributed by atoms with Crippen LogP contribution in [0.3, 0.4) is 0 Å². The molecule has 0 radical (unpaired) electrons. The Morgan fingerprint density at radius 1 is 1.24 bits per heavy atom. The summed E-state index contributed by atoms with van der Waals surface area (Å²) < 4.78 is 26.5. The van der Waals surface area contributed by atoms with Gasteiger partial charge in [-0.1, -0.05) is 6.07 Å². The maximum atomic E-state index is 13.3. The average molecular weight is 241 g/mol. The largest absolute Gasteiger partial charge is 0.481 e. The number of aliphatic carboxylic acids is 1. The van der Waals surface area contributed by atoms with E-state index >= 15 is 0 Å². The first kappa shape index (κ1) is 11.5. The summed E-state index contributed by atoms with van der Waals surface area (Å²) in [5.74, 6) is -4.34. The van der Waals surface area contributed by atoms with Crippen LogP contribution in [0.1, 0.15) is 10.4 Å². The van der Waals surface area contributed by atoms with Crippen LogP contribution in [0.5, 0.6) is 0 Å². The third-order valence-electron chi connectivity index (χ3n) is 2.69. The first-order valence-electron chi connectivity index (χ1n) is 4.97. The van der Waals surface area contributed by atoms with Gasteiger partial charge in [0.15, 0.2) is 0 Å². The summed E-state index contributed by atoms with van der Waals surface area (Å²) in [6.45, 7) is -0.0239. The molecule has 4 nitrogen and oxygen atoms in total. The van der Waals surface area contributed by atoms with E-state index in [-0.39, 0.29) is 13.1 Å². The van der Waals surface area contributed by atoms with Gasteiger partial charge in [0.05, 0.1) is 5.92 Å². The van der Waals surface area contributed by atoms with Gasteiger partial charge in [-0.3, -0.25) is 9.59 Å². The molecule has 1 N–H and O–H groups in total. The lowest BCUT2D eigenvalue weighted by Crippen LogP contribution is -2.53. The van der Waals surface area contributed by atoms with Crippen LogP contribution in [0.2, 0.25) is 0 Å². The van der Waals surface area contributed by atoms with E-state index < -0.39 is 35.0 Å². The highest BCUT2D eigenvalue weighted by Crippen LogP contribution is 2.21. The molecule has 0 bridgehead atoms. The third kappa shape index (κ3) is 1.98. The summed E-state index contributed by atoms with van der Waals surface area (Å²) in [6, 6.07) is 3.15. The molecule has 1 aromatic rings. The maximum absolute atomic E-state index is 13.3. The molecular weight excluding hydrogens is 232 g/mol. The molecule has 2 rings (SSSR count). The van der Waals surface area contributed by atoms with Crippen molar-refractivity contribution in [1.82, 2.24) is 4.90 Å². The number of nitrogens with zero attached hydrogens (tertiary/aromatic N) is 1. The van der Waals surface area contributed by atoms with E-state index in [1.54, 1.807) is 0 Å². The molecule has 17 heavy (non-hydrogen) atoms. The second-order valence-corrected chi connectivity index (χ2v) is 3.84. The van der Waals surface area contributed by atoms with Crippen LogP contribution in [0, 0.1) is 17.6 Å². The Kier molecular flexibility index (Phi) is 2.79. The summed E-state index contributed by atoms with van der Waals surface area (Å²) in [5.41, 5.74) is -0.628. The second kappa shape index (κ2) is 4.12. The second-order valence-electron chi connectivity index (χ2n) is 3.84. The highest BCUT2D eigenvalue weighted by atomic mass is 19.1. The van der Waals surface area contributed by atoms with Crippen molar-refractivity contribution in [3.05, 3.63) is 35.4 Å². The Morgan fingerprint density at radius 2 is 1.76 bits per heavy atom. The summed E-state index contributed by atoms with van der Waals surface area (Å²) in [4.78, 5) is 23.3. The summed E-state index contributed by atoms with van der Waals surface area (Å²) >= 11 is 0. The van der Waals surface area contributed by atoms with E-state index in [2.05, 4.69) is 0 Å². The Balaban J connectivity index is 2.15. The molecule has 0 saturated carbocycles. The number of hydrogen-bond acceptors (Lipinski definition) is 2. The molecule has 90 valence electrons. The number of carboxylic acid groups (broad SMARTS) is 1. The predicted octanol–water partition coefficient (Wildman–Crippen LogP) is 1.12. The molecule has 0 atom stereocenters. The van der Waals surface area contributed by atoms with Gasteiger partial charge < -0.3 is 10.0 Å². The van der Waals surface area contributed by atoms with Crippen molar-refractivity contribution >= 4 is 11.9 Å². The van der Waals surface area contributed by atoms with Crippen molar-refractivity contribution in [2.45, 2.75) is 0 Å². The fourth-order valence-corrected chi connectivity index (χ4v) is 1.66. The first-order chi connectivity index (χ1) is 8.00. The maximum Gasteiger partial charge on any atom is 0.310 e. The minimum atomic E-state index is -1.01. The Bertz CT molecular complexity index is 463. The molecule has 1 amide bonds. The molecular formula is C11H9F2NO3. The van der Waals surface area contributed by atoms with E-state index in [1.807, 2.05) is 0 Å². The number of amides is 1. The van der Waals surface area contributed by atoms with Gasteiger partial charge in [-0.2, -0.15) is 0 Å². The van der Waals surface area contributed by atoms with Crippen LogP contribution < -0.4 is 0 Å². The molecule has 0 unspecified atom stereocenters. The minimum absolute atomic E-state index is 0.0120. The van der Waals surface area contributed by atoms with Crippen LogP contribution in [0.25, 0.3) is 0 Å². The van der Waals surface area contributed by atoms with Crippen molar-refractivity contribution < 1.29 is 23.5 Å². The van der Waals surface area contributed by atoms with Crippen LogP contribution in [-0.2, 0) is 4.79 Å². The average Bonchev–Trinajstić information content (AvgIpc) is 2.13. The molecule has 0 aliphatic carbocycles. The number of carbonyl (C=O) groups excluding carboxylic acids is 1. The predicted molar refractivity (Wildman–Crippen MR) is 53.4 cm³/mol. The van der Waals surface area contributed by atoms with Gasteiger partial charge in [0.25, 0.3) is 5.91 Å². The Hall–Kier alpha value is -1.98. The van der Waals surface area contributed by atoms with Crippen LogP contribution in [-0.4, -0.2) is 35.0 Å². The van der Waals surface area contributed by atoms with Crippen molar-refractivity contribution in [1.29, 1.82) is 0 Å². The van der Waals surface area contributed by atoms with Crippen LogP contribution in [0.15, 0.2) is 18.2 Å². The van der Waals surface area contributed by atoms with E-state index in [0.29, 0.717) is 0 Å². The molecule has 1 aliphatic rings. The number of rotatable bonds is 2. The highest BCUT2D eigenvalue weighted by Gasteiger charge is 2.37. The monoisotopic (exact) mass is 241 g/mol. The van der Waals surface area contributed by atoms with E-state index in [1.165, 1.54) is 0 Å². The normalized spacial score (nSPS) is 15.5. The van der Waals surface area contributed by atoms with Crippen molar-refractivity contribution in [3.8, 4) is 0 Å². The van der Waals surface area contributed by atoms with Gasteiger partial charge in [0.2, 0.25) is 0 Å². The zero-order chi connectivity index (χ0) is 12.6. The molecule has 6 heteroatoms. The van der Waals surface area contributed by atoms with Crippen molar-refractivity contribution in [2.75, 3.05) is 13.1 Å². The summed E-state index contributed by atoms with van der Waals surface area (Å²) in [6.07, 6.45) is 0. The van der Waals surface area contributed by atoms with Crippen molar-refractivity contribution in [3.63, 3.8) is 0 Å². The van der Waals surface area contributed by atoms with Gasteiger partial charge in [-0.15, -0.1) is 0 Å². The molecule has 1 heterocycles. The van der Waals surface area contributed by atoms with Gasteiger partial charge in [0, 0.05) is 13.1 Å². The summed E-state index contributed by atoms with van der Waals surface area (Å²) in [7, 11) is 0. The molecule has 0 spiro atoms. The number of carbonyl (C=O) groups is 2. The zero-order valence-corrected chi connectivity index (χ0v) is 8.69. The molecule has 0 aromatic heterocycles. The number of hydrogen-bond donors (Lipinski definition) is 1. The van der Waals surface area contributed by atoms with Gasteiger partial charge in [-0.05, 0) is 12.1 Å². The lowest BCUT2D eigenvalue weighted by molar-refractivity contribution is -0.146. The fourth-order valence-electron chi connectivity index (χ4n) is 1.66.